The molecular weight excluding hydrogens is 429 g/mol. The Morgan fingerprint density at radius 3 is 2.48 bits per heavy atom. The van der Waals surface area contributed by atoms with E-state index in [4.69, 9.17) is 9.47 Å². The topological polar surface area (TPSA) is 54.9 Å². The van der Waals surface area contributed by atoms with Crippen molar-refractivity contribution in [2.75, 3.05) is 27.3 Å². The zero-order chi connectivity index (χ0) is 17.0. The number of halogens is 1. The summed E-state index contributed by atoms with van der Waals surface area (Å²) in [6.07, 6.45) is 0. The summed E-state index contributed by atoms with van der Waals surface area (Å²) in [7, 11) is 3.44. The number of hydrogen-bond donors (Lipinski definition) is 2. The predicted octanol–water partition coefficient (Wildman–Crippen LogP) is 3.20. The van der Waals surface area contributed by atoms with Crippen LogP contribution >= 0.6 is 24.0 Å². The maximum absolute atomic E-state index is 5.79. The Labute approximate surface area is 166 Å². The van der Waals surface area contributed by atoms with Gasteiger partial charge in [0.05, 0.1) is 6.61 Å². The van der Waals surface area contributed by atoms with Crippen molar-refractivity contribution < 1.29 is 9.47 Å². The van der Waals surface area contributed by atoms with Crippen molar-refractivity contribution >= 4 is 29.9 Å². The lowest BCUT2D eigenvalue weighted by Gasteiger charge is -2.12. The molecule has 2 aromatic carbocycles. The zero-order valence-corrected chi connectivity index (χ0v) is 17.0. The first-order valence-corrected chi connectivity index (χ1v) is 8.01. The maximum Gasteiger partial charge on any atom is 0.191 e. The number of benzene rings is 2. The highest BCUT2D eigenvalue weighted by Gasteiger charge is 2.00. The van der Waals surface area contributed by atoms with E-state index in [0.29, 0.717) is 19.8 Å². The maximum atomic E-state index is 5.79. The van der Waals surface area contributed by atoms with Crippen LogP contribution in [-0.2, 0) is 17.9 Å². The van der Waals surface area contributed by atoms with Crippen molar-refractivity contribution in [2.45, 2.75) is 13.2 Å². The molecule has 5 nitrogen and oxygen atoms in total. The fraction of sp³-hybridized carbons (Fsp3) is 0.316. The largest absolute Gasteiger partial charge is 0.489 e. The van der Waals surface area contributed by atoms with Gasteiger partial charge in [0.2, 0.25) is 0 Å². The van der Waals surface area contributed by atoms with Crippen LogP contribution in [0.2, 0.25) is 0 Å². The molecule has 0 fully saturated rings. The van der Waals surface area contributed by atoms with E-state index in [1.54, 1.807) is 14.2 Å². The lowest BCUT2D eigenvalue weighted by atomic mass is 10.1. The Kier molecular flexibility index (Phi) is 10.7. The van der Waals surface area contributed by atoms with Crippen LogP contribution in [0.4, 0.5) is 0 Å². The van der Waals surface area contributed by atoms with Crippen molar-refractivity contribution in [2.24, 2.45) is 4.99 Å². The van der Waals surface area contributed by atoms with Gasteiger partial charge < -0.3 is 20.1 Å². The molecular formula is C19H26IN3O2. The highest BCUT2D eigenvalue weighted by molar-refractivity contribution is 14.0. The van der Waals surface area contributed by atoms with E-state index >= 15 is 0 Å². The highest BCUT2D eigenvalue weighted by Crippen LogP contribution is 2.12. The van der Waals surface area contributed by atoms with Crippen molar-refractivity contribution in [3.05, 3.63) is 65.7 Å². The number of ether oxygens (including phenoxy) is 2. The molecule has 6 heteroatoms. The number of nitrogens with one attached hydrogen (secondary N) is 2. The van der Waals surface area contributed by atoms with Crippen LogP contribution in [0.5, 0.6) is 5.75 Å². The number of rotatable bonds is 8. The molecule has 2 aromatic rings. The fourth-order valence-electron chi connectivity index (χ4n) is 2.19. The SMILES string of the molecule is CN=C(NCCOC)NCc1cccc(COc2ccccc2)c1.I. The molecule has 2 rings (SSSR count). The number of hydrogen-bond acceptors (Lipinski definition) is 3. The molecule has 0 amide bonds. The summed E-state index contributed by atoms with van der Waals surface area (Å²) in [4.78, 5) is 4.19. The minimum atomic E-state index is 0. The first kappa shape index (κ1) is 21.2. The highest BCUT2D eigenvalue weighted by atomic mass is 127. The summed E-state index contributed by atoms with van der Waals surface area (Å²) in [6, 6.07) is 18.2. The molecule has 0 saturated heterocycles. The van der Waals surface area contributed by atoms with E-state index in [1.807, 2.05) is 36.4 Å². The zero-order valence-electron chi connectivity index (χ0n) is 14.7. The molecule has 0 atom stereocenters. The standard InChI is InChI=1S/C19H25N3O2.HI/c1-20-19(21-11-12-23-2)22-14-16-7-6-8-17(13-16)15-24-18-9-4-3-5-10-18;/h3-10,13H,11-12,14-15H2,1-2H3,(H2,20,21,22);1H. The van der Waals surface area contributed by atoms with Gasteiger partial charge in [-0.15, -0.1) is 24.0 Å². The first-order valence-electron chi connectivity index (χ1n) is 8.01. The predicted molar refractivity (Wildman–Crippen MR) is 113 cm³/mol. The Hall–Kier alpha value is -1.80. The van der Waals surface area contributed by atoms with Crippen LogP contribution in [0.15, 0.2) is 59.6 Å². The van der Waals surface area contributed by atoms with E-state index in [-0.39, 0.29) is 24.0 Å². The second kappa shape index (κ2) is 12.5. The number of methoxy groups -OCH3 is 1. The molecule has 0 unspecified atom stereocenters. The molecule has 0 heterocycles. The van der Waals surface area contributed by atoms with Crippen molar-refractivity contribution in [3.8, 4) is 5.75 Å². The molecule has 0 bridgehead atoms. The third-order valence-electron chi connectivity index (χ3n) is 3.42. The third-order valence-corrected chi connectivity index (χ3v) is 3.42. The van der Waals surface area contributed by atoms with E-state index in [0.717, 1.165) is 23.8 Å². The average molecular weight is 455 g/mol. The fourth-order valence-corrected chi connectivity index (χ4v) is 2.19. The van der Waals surface area contributed by atoms with Crippen LogP contribution in [0.3, 0.4) is 0 Å². The molecule has 0 aliphatic rings. The third kappa shape index (κ3) is 8.22. The van der Waals surface area contributed by atoms with Gasteiger partial charge in [0.15, 0.2) is 5.96 Å². The molecule has 0 saturated carbocycles. The van der Waals surface area contributed by atoms with Crippen LogP contribution in [0.25, 0.3) is 0 Å². The number of guanidine groups is 1. The van der Waals surface area contributed by atoms with Crippen molar-refractivity contribution in [3.63, 3.8) is 0 Å². The minimum Gasteiger partial charge on any atom is -0.489 e. The summed E-state index contributed by atoms with van der Waals surface area (Å²) < 4.78 is 10.8. The van der Waals surface area contributed by atoms with E-state index < -0.39 is 0 Å². The molecule has 0 spiro atoms. The lowest BCUT2D eigenvalue weighted by molar-refractivity contribution is 0.203. The second-order valence-corrected chi connectivity index (χ2v) is 5.27. The summed E-state index contributed by atoms with van der Waals surface area (Å²) >= 11 is 0. The molecule has 0 aliphatic carbocycles. The Balaban J connectivity index is 0.00000312. The van der Waals surface area contributed by atoms with Gasteiger partial charge in [-0.05, 0) is 23.3 Å². The van der Waals surface area contributed by atoms with E-state index in [1.165, 1.54) is 5.56 Å². The van der Waals surface area contributed by atoms with Crippen LogP contribution < -0.4 is 15.4 Å². The Bertz CT molecular complexity index is 636. The monoisotopic (exact) mass is 455 g/mol. The molecule has 136 valence electrons. The van der Waals surface area contributed by atoms with Crippen molar-refractivity contribution in [1.82, 2.24) is 10.6 Å². The van der Waals surface area contributed by atoms with Gasteiger partial charge >= 0.3 is 0 Å². The van der Waals surface area contributed by atoms with Gasteiger partial charge in [0.1, 0.15) is 12.4 Å². The average Bonchev–Trinajstić information content (AvgIpc) is 2.64. The summed E-state index contributed by atoms with van der Waals surface area (Å²) in [6.45, 7) is 2.62. The number of aliphatic imine (C=N–C) groups is 1. The molecule has 0 aliphatic heterocycles. The number of nitrogens with zero attached hydrogens (tertiary/aromatic N) is 1. The molecule has 25 heavy (non-hydrogen) atoms. The summed E-state index contributed by atoms with van der Waals surface area (Å²) in [5.74, 6) is 1.64. The van der Waals surface area contributed by atoms with E-state index in [2.05, 4.69) is 33.8 Å². The molecule has 0 radical (unpaired) electrons. The molecule has 0 aromatic heterocycles. The summed E-state index contributed by atoms with van der Waals surface area (Å²) in [5.41, 5.74) is 2.32. The van der Waals surface area contributed by atoms with Crippen molar-refractivity contribution in [1.29, 1.82) is 0 Å². The van der Waals surface area contributed by atoms with Crippen LogP contribution in [0.1, 0.15) is 11.1 Å². The molecule has 2 N–H and O–H groups in total. The van der Waals surface area contributed by atoms with Gasteiger partial charge in [-0.2, -0.15) is 0 Å². The Morgan fingerprint density at radius 2 is 1.76 bits per heavy atom. The second-order valence-electron chi connectivity index (χ2n) is 5.27. The minimum absolute atomic E-state index is 0. The van der Waals surface area contributed by atoms with Gasteiger partial charge in [-0.25, -0.2) is 0 Å². The number of para-hydroxylation sites is 1. The van der Waals surface area contributed by atoms with Gasteiger partial charge in [0, 0.05) is 27.2 Å². The van der Waals surface area contributed by atoms with E-state index in [9.17, 15) is 0 Å². The lowest BCUT2D eigenvalue weighted by Crippen LogP contribution is -2.38. The van der Waals surface area contributed by atoms with Gasteiger partial charge in [0.25, 0.3) is 0 Å². The van der Waals surface area contributed by atoms with Crippen LogP contribution in [0, 0.1) is 0 Å². The van der Waals surface area contributed by atoms with Gasteiger partial charge in [-0.3, -0.25) is 4.99 Å². The Morgan fingerprint density at radius 1 is 1.00 bits per heavy atom. The smallest absolute Gasteiger partial charge is 0.191 e. The normalized spacial score (nSPS) is 10.7. The van der Waals surface area contributed by atoms with Gasteiger partial charge in [-0.1, -0.05) is 42.5 Å². The first-order chi connectivity index (χ1) is 11.8. The van der Waals surface area contributed by atoms with Crippen LogP contribution in [-0.4, -0.2) is 33.3 Å². The summed E-state index contributed by atoms with van der Waals surface area (Å²) in [5, 5.41) is 6.48. The quantitative estimate of drug-likeness (QED) is 0.278.